The van der Waals surface area contributed by atoms with Crippen molar-refractivity contribution in [2.45, 2.75) is 64.1 Å². The van der Waals surface area contributed by atoms with E-state index in [0.717, 1.165) is 42.7 Å². The van der Waals surface area contributed by atoms with E-state index in [-0.39, 0.29) is 29.9 Å². The average Bonchev–Trinajstić information content (AvgIpc) is 2.93. The Morgan fingerprint density at radius 1 is 1.02 bits per heavy atom. The molecule has 1 aliphatic rings. The van der Waals surface area contributed by atoms with E-state index in [1.165, 1.54) is 25.2 Å². The molecular weight excluding hydrogens is 577 g/mol. The van der Waals surface area contributed by atoms with Crippen LogP contribution in [0.15, 0.2) is 36.4 Å². The highest BCUT2D eigenvalue weighted by atomic mass is 35.5. The van der Waals surface area contributed by atoms with E-state index in [4.69, 9.17) is 32.7 Å². The fourth-order valence-corrected chi connectivity index (χ4v) is 6.05. The zero-order valence-electron chi connectivity index (χ0n) is 23.3. The van der Waals surface area contributed by atoms with Crippen LogP contribution in [0, 0.1) is 0 Å². The van der Waals surface area contributed by atoms with Gasteiger partial charge in [0, 0.05) is 18.7 Å². The number of nitrogens with zero attached hydrogens (tertiary/aromatic N) is 2. The van der Waals surface area contributed by atoms with E-state index in [0.29, 0.717) is 27.8 Å². The summed E-state index contributed by atoms with van der Waals surface area (Å²) in [6.45, 7) is 1.29. The maximum atomic E-state index is 14.0. The minimum absolute atomic E-state index is 0.0269. The van der Waals surface area contributed by atoms with Crippen LogP contribution in [0.1, 0.15) is 51.0 Å². The average molecular weight is 615 g/mol. The summed E-state index contributed by atoms with van der Waals surface area (Å²) >= 11 is 12.3. The van der Waals surface area contributed by atoms with Crippen molar-refractivity contribution < 1.29 is 27.5 Å². The van der Waals surface area contributed by atoms with E-state index in [9.17, 15) is 18.0 Å². The molecule has 1 N–H and O–H groups in total. The summed E-state index contributed by atoms with van der Waals surface area (Å²) < 4.78 is 37.6. The van der Waals surface area contributed by atoms with Crippen molar-refractivity contribution in [1.82, 2.24) is 10.2 Å². The van der Waals surface area contributed by atoms with Gasteiger partial charge < -0.3 is 19.7 Å². The van der Waals surface area contributed by atoms with Crippen LogP contribution in [-0.2, 0) is 26.2 Å². The van der Waals surface area contributed by atoms with Crippen molar-refractivity contribution in [3.8, 4) is 11.5 Å². The smallest absolute Gasteiger partial charge is 0.244 e. The Kier molecular flexibility index (Phi) is 11.4. The first-order chi connectivity index (χ1) is 19.0. The van der Waals surface area contributed by atoms with Crippen molar-refractivity contribution in [3.63, 3.8) is 0 Å². The van der Waals surface area contributed by atoms with Gasteiger partial charge in [-0.05, 0) is 49.1 Å². The summed E-state index contributed by atoms with van der Waals surface area (Å²) in [5, 5.41) is 3.78. The van der Waals surface area contributed by atoms with Gasteiger partial charge in [-0.25, -0.2) is 8.42 Å². The molecule has 0 heterocycles. The molecule has 9 nitrogen and oxygen atoms in total. The predicted octanol–water partition coefficient (Wildman–Crippen LogP) is 5.03. The highest BCUT2D eigenvalue weighted by Gasteiger charge is 2.33. The molecule has 0 radical (unpaired) electrons. The SMILES string of the molecule is CC[C@H](C(=O)NC1CCCCC1)N(Cc1ccc(Cl)c(Cl)c1)C(=O)CN(c1cc(OC)ccc1OC)S(C)(=O)=O. The zero-order chi connectivity index (χ0) is 29.4. The number of nitrogens with one attached hydrogen (secondary N) is 1. The summed E-state index contributed by atoms with van der Waals surface area (Å²) in [7, 11) is -1.09. The van der Waals surface area contributed by atoms with E-state index in [1.807, 2.05) is 6.92 Å². The van der Waals surface area contributed by atoms with Gasteiger partial charge in [0.1, 0.15) is 24.1 Å². The Morgan fingerprint density at radius 3 is 2.30 bits per heavy atom. The molecule has 0 bridgehead atoms. The maximum Gasteiger partial charge on any atom is 0.244 e. The van der Waals surface area contributed by atoms with Crippen LogP contribution < -0.4 is 19.1 Å². The minimum Gasteiger partial charge on any atom is -0.497 e. The van der Waals surface area contributed by atoms with Crippen molar-refractivity contribution in [3.05, 3.63) is 52.0 Å². The molecule has 0 unspecified atom stereocenters. The fraction of sp³-hybridized carbons (Fsp3) is 0.500. The minimum atomic E-state index is -3.95. The van der Waals surface area contributed by atoms with E-state index >= 15 is 0 Å². The number of carbonyl (C=O) groups excluding carboxylic acids is 2. The third-order valence-corrected chi connectivity index (χ3v) is 8.87. The summed E-state index contributed by atoms with van der Waals surface area (Å²) in [5.74, 6) is -0.195. The second-order valence-corrected chi connectivity index (χ2v) is 12.6. The fourth-order valence-electron chi connectivity index (χ4n) is 4.88. The van der Waals surface area contributed by atoms with E-state index in [2.05, 4.69) is 5.32 Å². The van der Waals surface area contributed by atoms with Crippen LogP contribution in [-0.4, -0.2) is 64.2 Å². The van der Waals surface area contributed by atoms with Crippen LogP contribution in [0.3, 0.4) is 0 Å². The molecule has 40 heavy (non-hydrogen) atoms. The standard InChI is InChI=1S/C28H37Cl2N3O6S/c1-5-24(28(35)31-20-9-7-6-8-10-20)32(17-19-11-13-22(29)23(30)15-19)27(34)18-33(40(4,36)37)25-16-21(38-2)12-14-26(25)39-3/h11-16,20,24H,5-10,17-18H2,1-4H3,(H,31,35)/t24-/m1/s1. The second-order valence-electron chi connectivity index (χ2n) is 9.85. The molecule has 1 fully saturated rings. The van der Waals surface area contributed by atoms with Gasteiger partial charge in [0.15, 0.2) is 0 Å². The number of amides is 2. The molecule has 2 aromatic carbocycles. The number of carbonyl (C=O) groups is 2. The number of hydrogen-bond donors (Lipinski definition) is 1. The molecule has 0 spiro atoms. The summed E-state index contributed by atoms with van der Waals surface area (Å²) in [4.78, 5) is 28.9. The monoisotopic (exact) mass is 613 g/mol. The maximum absolute atomic E-state index is 14.0. The predicted molar refractivity (Wildman–Crippen MR) is 158 cm³/mol. The number of hydrogen-bond acceptors (Lipinski definition) is 6. The van der Waals surface area contributed by atoms with Gasteiger partial charge in [-0.2, -0.15) is 0 Å². The molecule has 1 aliphatic carbocycles. The molecule has 12 heteroatoms. The van der Waals surface area contributed by atoms with Gasteiger partial charge in [0.25, 0.3) is 0 Å². The largest absolute Gasteiger partial charge is 0.497 e. The molecule has 1 saturated carbocycles. The first-order valence-corrected chi connectivity index (χ1v) is 15.8. The van der Waals surface area contributed by atoms with Gasteiger partial charge in [0.2, 0.25) is 21.8 Å². The van der Waals surface area contributed by atoms with Crippen molar-refractivity contribution in [2.24, 2.45) is 0 Å². The Labute approximate surface area is 246 Å². The second kappa shape index (κ2) is 14.3. The number of methoxy groups -OCH3 is 2. The van der Waals surface area contributed by atoms with Crippen LogP contribution in [0.5, 0.6) is 11.5 Å². The Morgan fingerprint density at radius 2 is 1.73 bits per heavy atom. The number of sulfonamides is 1. The molecule has 0 saturated heterocycles. The Balaban J connectivity index is 1.99. The third-order valence-electron chi connectivity index (χ3n) is 7.01. The molecule has 2 aromatic rings. The summed E-state index contributed by atoms with van der Waals surface area (Å²) in [6, 6.07) is 8.87. The highest BCUT2D eigenvalue weighted by Crippen LogP contribution is 2.34. The van der Waals surface area contributed by atoms with Crippen molar-refractivity contribution in [2.75, 3.05) is 31.3 Å². The Hall–Kier alpha value is -2.69. The molecule has 3 rings (SSSR count). The Bertz CT molecular complexity index is 1300. The van der Waals surface area contributed by atoms with Crippen LogP contribution in [0.25, 0.3) is 0 Å². The molecule has 0 aliphatic heterocycles. The lowest BCUT2D eigenvalue weighted by molar-refractivity contribution is -0.140. The first-order valence-electron chi connectivity index (χ1n) is 13.2. The molecular formula is C28H37Cl2N3O6S. The summed E-state index contributed by atoms with van der Waals surface area (Å²) in [5.41, 5.74) is 0.795. The van der Waals surface area contributed by atoms with Crippen LogP contribution >= 0.6 is 23.2 Å². The molecule has 1 atom stereocenters. The lowest BCUT2D eigenvalue weighted by Gasteiger charge is -2.34. The molecule has 2 amide bonds. The van der Waals surface area contributed by atoms with Gasteiger partial charge >= 0.3 is 0 Å². The normalized spacial score (nSPS) is 14.8. The number of anilines is 1. The van der Waals surface area contributed by atoms with Crippen molar-refractivity contribution >= 4 is 50.7 Å². The lowest BCUT2D eigenvalue weighted by atomic mass is 9.95. The lowest BCUT2D eigenvalue weighted by Crippen LogP contribution is -2.54. The molecule has 0 aromatic heterocycles. The molecule has 220 valence electrons. The van der Waals surface area contributed by atoms with Crippen LogP contribution in [0.2, 0.25) is 10.0 Å². The quantitative estimate of drug-likeness (QED) is 0.360. The highest BCUT2D eigenvalue weighted by molar-refractivity contribution is 7.92. The zero-order valence-corrected chi connectivity index (χ0v) is 25.6. The van der Waals surface area contributed by atoms with E-state index < -0.39 is 28.5 Å². The van der Waals surface area contributed by atoms with Gasteiger partial charge in [-0.3, -0.25) is 13.9 Å². The first kappa shape index (κ1) is 31.8. The topological polar surface area (TPSA) is 105 Å². The number of ether oxygens (including phenoxy) is 2. The number of benzene rings is 2. The number of rotatable bonds is 12. The van der Waals surface area contributed by atoms with Crippen LogP contribution in [0.4, 0.5) is 5.69 Å². The van der Waals surface area contributed by atoms with E-state index in [1.54, 1.807) is 30.3 Å². The van der Waals surface area contributed by atoms with Gasteiger partial charge in [-0.1, -0.05) is 55.5 Å². The van der Waals surface area contributed by atoms with Gasteiger partial charge in [0.05, 0.1) is 36.2 Å². The van der Waals surface area contributed by atoms with Crippen molar-refractivity contribution in [1.29, 1.82) is 0 Å². The van der Waals surface area contributed by atoms with Gasteiger partial charge in [-0.15, -0.1) is 0 Å². The number of halogens is 2. The summed E-state index contributed by atoms with van der Waals surface area (Å²) in [6.07, 6.45) is 6.34. The third kappa shape index (κ3) is 8.17.